The number of hydrogen-bond acceptors (Lipinski definition) is 4. The van der Waals surface area contributed by atoms with E-state index in [4.69, 9.17) is 9.15 Å². The quantitative estimate of drug-likeness (QED) is 0.492. The Morgan fingerprint density at radius 3 is 2.52 bits per heavy atom. The molecule has 2 heterocycles. The number of carbonyl (C=O) groups excluding carboxylic acids is 2. The molecular formula is C25H32N4O4. The van der Waals surface area contributed by atoms with Crippen molar-refractivity contribution < 1.29 is 18.7 Å². The number of furan rings is 1. The Labute approximate surface area is 194 Å². The van der Waals surface area contributed by atoms with E-state index in [1.165, 1.54) is 4.90 Å². The van der Waals surface area contributed by atoms with Crippen LogP contribution >= 0.6 is 0 Å². The van der Waals surface area contributed by atoms with Crippen molar-refractivity contribution in [2.45, 2.75) is 39.9 Å². The highest BCUT2D eigenvalue weighted by Gasteiger charge is 2.25. The molecule has 1 aromatic carbocycles. The van der Waals surface area contributed by atoms with Crippen molar-refractivity contribution in [3.63, 3.8) is 0 Å². The lowest BCUT2D eigenvalue weighted by Crippen LogP contribution is -2.47. The lowest BCUT2D eigenvalue weighted by Gasteiger charge is -2.30. The zero-order chi connectivity index (χ0) is 23.8. The lowest BCUT2D eigenvalue weighted by molar-refractivity contribution is -0.133. The predicted octanol–water partition coefficient (Wildman–Crippen LogP) is 4.49. The third-order valence-corrected chi connectivity index (χ3v) is 5.30. The Kier molecular flexibility index (Phi) is 8.18. The third kappa shape index (κ3) is 6.41. The maximum absolute atomic E-state index is 13.4. The van der Waals surface area contributed by atoms with Crippen molar-refractivity contribution >= 4 is 17.6 Å². The van der Waals surface area contributed by atoms with Crippen LogP contribution in [0.15, 0.2) is 65.4 Å². The second-order valence-corrected chi connectivity index (χ2v) is 8.02. The number of aromatic nitrogens is 1. The van der Waals surface area contributed by atoms with E-state index in [2.05, 4.69) is 5.32 Å². The summed E-state index contributed by atoms with van der Waals surface area (Å²) in [5, 5.41) is 2.89. The molecule has 0 aliphatic carbocycles. The number of para-hydroxylation sites is 2. The first-order valence-corrected chi connectivity index (χ1v) is 11.1. The highest BCUT2D eigenvalue weighted by molar-refractivity contribution is 5.93. The number of ether oxygens (including phenoxy) is 1. The molecule has 33 heavy (non-hydrogen) atoms. The highest BCUT2D eigenvalue weighted by Crippen LogP contribution is 2.24. The van der Waals surface area contributed by atoms with E-state index in [1.807, 2.05) is 68.9 Å². The summed E-state index contributed by atoms with van der Waals surface area (Å²) in [6.07, 6.45) is 3.53. The van der Waals surface area contributed by atoms with Crippen molar-refractivity contribution in [2.75, 3.05) is 18.5 Å². The summed E-state index contributed by atoms with van der Waals surface area (Å²) in [5.74, 6) is 1.10. The van der Waals surface area contributed by atoms with E-state index in [-0.39, 0.29) is 24.5 Å². The molecule has 0 saturated carbocycles. The molecule has 3 rings (SSSR count). The van der Waals surface area contributed by atoms with Crippen LogP contribution in [-0.4, -0.2) is 45.5 Å². The number of nitrogens with one attached hydrogen (secondary N) is 1. The standard InChI is InChI=1S/C25H32N4O4/c1-5-32-23-13-7-6-12-22(23)26-25(31)29(19(2)3)18-24(30)28(17-21-11-9-15-33-21)16-20-10-8-14-27(20)4/h6-15,19H,5,16-18H2,1-4H3,(H,26,31). The van der Waals surface area contributed by atoms with Gasteiger partial charge in [0.2, 0.25) is 5.91 Å². The van der Waals surface area contributed by atoms with Crippen molar-refractivity contribution in [3.05, 3.63) is 72.4 Å². The van der Waals surface area contributed by atoms with Gasteiger partial charge < -0.3 is 28.8 Å². The van der Waals surface area contributed by atoms with Gasteiger partial charge in [-0.25, -0.2) is 4.79 Å². The molecular weight excluding hydrogens is 420 g/mol. The molecule has 0 bridgehead atoms. The number of aryl methyl sites for hydroxylation is 1. The number of urea groups is 1. The zero-order valence-electron chi connectivity index (χ0n) is 19.7. The summed E-state index contributed by atoms with van der Waals surface area (Å²) in [6, 6.07) is 14.3. The first kappa shape index (κ1) is 24.0. The first-order chi connectivity index (χ1) is 15.9. The molecule has 0 aliphatic rings. The zero-order valence-corrected chi connectivity index (χ0v) is 19.7. The summed E-state index contributed by atoms with van der Waals surface area (Å²) in [7, 11) is 1.94. The average Bonchev–Trinajstić information content (AvgIpc) is 3.44. The van der Waals surface area contributed by atoms with Gasteiger partial charge in [0, 0.05) is 25.0 Å². The summed E-state index contributed by atoms with van der Waals surface area (Å²) in [4.78, 5) is 29.7. The van der Waals surface area contributed by atoms with Gasteiger partial charge in [0.15, 0.2) is 0 Å². The Balaban J connectivity index is 1.75. The summed E-state index contributed by atoms with van der Waals surface area (Å²) in [5.41, 5.74) is 1.56. The minimum absolute atomic E-state index is 0.0641. The number of hydrogen-bond donors (Lipinski definition) is 1. The van der Waals surface area contributed by atoms with Gasteiger partial charge in [0.05, 0.1) is 31.6 Å². The van der Waals surface area contributed by atoms with Crippen molar-refractivity contribution in [1.82, 2.24) is 14.4 Å². The van der Waals surface area contributed by atoms with Crippen LogP contribution in [0.1, 0.15) is 32.2 Å². The topological polar surface area (TPSA) is 80.0 Å². The SMILES string of the molecule is CCOc1ccccc1NC(=O)N(CC(=O)N(Cc1ccco1)Cc1cccn1C)C(C)C. The predicted molar refractivity (Wildman–Crippen MR) is 127 cm³/mol. The third-order valence-electron chi connectivity index (χ3n) is 5.30. The van der Waals surface area contributed by atoms with Crippen LogP contribution in [0, 0.1) is 0 Å². The van der Waals surface area contributed by atoms with Crippen LogP contribution < -0.4 is 10.1 Å². The fourth-order valence-electron chi connectivity index (χ4n) is 3.45. The van der Waals surface area contributed by atoms with Gasteiger partial charge in [-0.15, -0.1) is 0 Å². The minimum Gasteiger partial charge on any atom is -0.492 e. The van der Waals surface area contributed by atoms with Crippen LogP contribution in [0.3, 0.4) is 0 Å². The van der Waals surface area contributed by atoms with Gasteiger partial charge in [-0.05, 0) is 57.2 Å². The molecule has 0 aliphatic heterocycles. The lowest BCUT2D eigenvalue weighted by atomic mass is 10.2. The molecule has 0 fully saturated rings. The maximum Gasteiger partial charge on any atom is 0.322 e. The fourth-order valence-corrected chi connectivity index (χ4v) is 3.45. The van der Waals surface area contributed by atoms with E-state index >= 15 is 0 Å². The van der Waals surface area contributed by atoms with Gasteiger partial charge in [-0.2, -0.15) is 0 Å². The van der Waals surface area contributed by atoms with Crippen LogP contribution in [-0.2, 0) is 24.9 Å². The molecule has 0 atom stereocenters. The monoisotopic (exact) mass is 452 g/mol. The Morgan fingerprint density at radius 1 is 1.09 bits per heavy atom. The minimum atomic E-state index is -0.359. The summed E-state index contributed by atoms with van der Waals surface area (Å²) in [6.45, 7) is 6.80. The Hall–Kier alpha value is -3.68. The van der Waals surface area contributed by atoms with Gasteiger partial charge in [0.25, 0.3) is 0 Å². The second kappa shape index (κ2) is 11.3. The number of rotatable bonds is 10. The van der Waals surface area contributed by atoms with Crippen LogP contribution in [0.5, 0.6) is 5.75 Å². The molecule has 0 saturated heterocycles. The van der Waals surface area contributed by atoms with Crippen LogP contribution in [0.2, 0.25) is 0 Å². The normalized spacial score (nSPS) is 10.8. The molecule has 1 N–H and O–H groups in total. The Bertz CT molecular complexity index is 1040. The maximum atomic E-state index is 13.4. The number of benzene rings is 1. The van der Waals surface area contributed by atoms with E-state index in [0.717, 1.165) is 5.69 Å². The molecule has 8 nitrogen and oxygen atoms in total. The molecule has 0 unspecified atom stereocenters. The van der Waals surface area contributed by atoms with Crippen LogP contribution in [0.4, 0.5) is 10.5 Å². The fraction of sp³-hybridized carbons (Fsp3) is 0.360. The van der Waals surface area contributed by atoms with E-state index < -0.39 is 0 Å². The molecule has 3 amide bonds. The molecule has 3 aromatic rings. The van der Waals surface area contributed by atoms with Gasteiger partial charge in [-0.1, -0.05) is 12.1 Å². The molecule has 8 heteroatoms. The number of nitrogens with zero attached hydrogens (tertiary/aromatic N) is 3. The van der Waals surface area contributed by atoms with Crippen molar-refractivity contribution in [1.29, 1.82) is 0 Å². The van der Waals surface area contributed by atoms with E-state index in [0.29, 0.717) is 36.9 Å². The van der Waals surface area contributed by atoms with E-state index in [9.17, 15) is 9.59 Å². The largest absolute Gasteiger partial charge is 0.492 e. The van der Waals surface area contributed by atoms with Gasteiger partial charge in [-0.3, -0.25) is 4.79 Å². The first-order valence-electron chi connectivity index (χ1n) is 11.1. The van der Waals surface area contributed by atoms with Gasteiger partial charge >= 0.3 is 6.03 Å². The molecule has 0 spiro atoms. The number of amides is 3. The molecule has 0 radical (unpaired) electrons. The second-order valence-electron chi connectivity index (χ2n) is 8.02. The van der Waals surface area contributed by atoms with Crippen LogP contribution in [0.25, 0.3) is 0 Å². The summed E-state index contributed by atoms with van der Waals surface area (Å²) >= 11 is 0. The summed E-state index contributed by atoms with van der Waals surface area (Å²) < 4.78 is 13.0. The number of anilines is 1. The van der Waals surface area contributed by atoms with Gasteiger partial charge in [0.1, 0.15) is 18.1 Å². The van der Waals surface area contributed by atoms with E-state index in [1.54, 1.807) is 29.4 Å². The average molecular weight is 453 g/mol. The highest BCUT2D eigenvalue weighted by atomic mass is 16.5. The number of carbonyl (C=O) groups is 2. The Morgan fingerprint density at radius 2 is 1.88 bits per heavy atom. The van der Waals surface area contributed by atoms with Crippen molar-refractivity contribution in [3.8, 4) is 5.75 Å². The molecule has 176 valence electrons. The molecule has 2 aromatic heterocycles. The van der Waals surface area contributed by atoms with Crippen molar-refractivity contribution in [2.24, 2.45) is 7.05 Å². The smallest absolute Gasteiger partial charge is 0.322 e.